The van der Waals surface area contributed by atoms with Crippen molar-refractivity contribution in [2.24, 2.45) is 4.99 Å². The number of rotatable bonds is 4. The molecule has 0 radical (unpaired) electrons. The van der Waals surface area contributed by atoms with E-state index in [1.807, 2.05) is 0 Å². The van der Waals surface area contributed by atoms with E-state index >= 15 is 0 Å². The topological polar surface area (TPSA) is 12.4 Å². The first-order chi connectivity index (χ1) is 14.9. The molecule has 0 aromatic heterocycles. The molecule has 0 fully saturated rings. The minimum atomic E-state index is -1.96. The third-order valence-electron chi connectivity index (χ3n) is 5.40. The van der Waals surface area contributed by atoms with E-state index in [-0.39, 0.29) is 0 Å². The molecule has 0 atom stereocenters. The van der Waals surface area contributed by atoms with Crippen molar-refractivity contribution in [3.8, 4) is 0 Å². The zero-order chi connectivity index (χ0) is 20.2. The van der Waals surface area contributed by atoms with E-state index in [1.54, 1.807) is 0 Å². The van der Waals surface area contributed by atoms with Crippen LogP contribution in [0.2, 0.25) is 0 Å². The van der Waals surface area contributed by atoms with Gasteiger partial charge in [-0.05, 0) is 29.1 Å². The van der Waals surface area contributed by atoms with Gasteiger partial charge in [0.2, 0.25) is 0 Å². The first-order valence-corrected chi connectivity index (χ1v) is 12.1. The fourth-order valence-electron chi connectivity index (χ4n) is 3.90. The van der Waals surface area contributed by atoms with Gasteiger partial charge in [-0.25, -0.2) is 4.99 Å². The molecule has 0 N–H and O–H groups in total. The summed E-state index contributed by atoms with van der Waals surface area (Å²) in [5.74, 6) is 4.83. The summed E-state index contributed by atoms with van der Waals surface area (Å²) in [6.45, 7) is -1.96. The molecule has 0 saturated heterocycles. The SMILES string of the molecule is C1=C(c2ccccc2)N=C(c2ccccc2)C=P1(c1ccccc1)c1ccccc1. The lowest BCUT2D eigenvalue weighted by Crippen LogP contribution is -2.21. The molecule has 1 heterocycles. The second kappa shape index (κ2) is 8.14. The van der Waals surface area contributed by atoms with Gasteiger partial charge in [-0.1, -0.05) is 121 Å². The third-order valence-corrected chi connectivity index (χ3v) is 9.01. The lowest BCUT2D eigenvalue weighted by atomic mass is 10.1. The van der Waals surface area contributed by atoms with Gasteiger partial charge in [0.05, 0.1) is 11.4 Å². The number of hydrogen-bond acceptors (Lipinski definition) is 1. The maximum atomic E-state index is 5.12. The molecule has 2 heteroatoms. The molecule has 4 aromatic carbocycles. The van der Waals surface area contributed by atoms with Crippen molar-refractivity contribution in [1.29, 1.82) is 0 Å². The van der Waals surface area contributed by atoms with Crippen LogP contribution in [0.1, 0.15) is 11.1 Å². The van der Waals surface area contributed by atoms with Crippen molar-refractivity contribution in [3.63, 3.8) is 0 Å². The fraction of sp³-hybridized carbons (Fsp3) is 0. The Balaban J connectivity index is 1.85. The third kappa shape index (κ3) is 3.49. The average Bonchev–Trinajstić information content (AvgIpc) is 2.86. The molecular weight excluding hydrogens is 381 g/mol. The van der Waals surface area contributed by atoms with Gasteiger partial charge in [-0.2, -0.15) is 0 Å². The first-order valence-electron chi connectivity index (χ1n) is 10.1. The zero-order valence-corrected chi connectivity index (χ0v) is 17.5. The van der Waals surface area contributed by atoms with E-state index in [9.17, 15) is 0 Å². The molecule has 0 unspecified atom stereocenters. The Bertz CT molecular complexity index is 1170. The highest BCUT2D eigenvalue weighted by Gasteiger charge is 2.26. The molecule has 1 aliphatic rings. The Hall–Kier alpha value is -3.41. The Morgan fingerprint density at radius 2 is 0.900 bits per heavy atom. The van der Waals surface area contributed by atoms with E-state index in [2.05, 4.69) is 133 Å². The molecule has 0 saturated carbocycles. The van der Waals surface area contributed by atoms with Crippen molar-refractivity contribution >= 4 is 34.7 Å². The molecular formula is C28H22NP. The lowest BCUT2D eigenvalue weighted by molar-refractivity contribution is 1.50. The van der Waals surface area contributed by atoms with Gasteiger partial charge in [-0.15, -0.1) is 0 Å². The molecule has 30 heavy (non-hydrogen) atoms. The summed E-state index contributed by atoms with van der Waals surface area (Å²) in [7, 11) is 0. The number of nitrogens with zero attached hydrogens (tertiary/aromatic N) is 1. The fourth-order valence-corrected chi connectivity index (χ4v) is 7.39. The van der Waals surface area contributed by atoms with Crippen LogP contribution in [-0.2, 0) is 0 Å². The summed E-state index contributed by atoms with van der Waals surface area (Å²) in [5.41, 5.74) is 4.38. The highest BCUT2D eigenvalue weighted by atomic mass is 31.2. The highest BCUT2D eigenvalue weighted by Crippen LogP contribution is 2.50. The minimum Gasteiger partial charge on any atom is -0.248 e. The van der Waals surface area contributed by atoms with E-state index in [0.29, 0.717) is 0 Å². The minimum absolute atomic E-state index is 1.04. The second-order valence-electron chi connectivity index (χ2n) is 7.32. The molecule has 4 aromatic rings. The van der Waals surface area contributed by atoms with Gasteiger partial charge < -0.3 is 0 Å². The summed E-state index contributed by atoms with van der Waals surface area (Å²) in [4.78, 5) is 5.12. The standard InChI is InChI=1S/C28H22NP/c1-5-13-23(14-6-1)27-21-30(25-17-9-3-10-18-25,26-19-11-4-12-20-26)22-28(29-27)24-15-7-2-8-16-24/h1-22H. The predicted molar refractivity (Wildman–Crippen MR) is 133 cm³/mol. The summed E-state index contributed by atoms with van der Waals surface area (Å²) in [6, 6.07) is 42.8. The Labute approximate surface area is 178 Å². The Morgan fingerprint density at radius 3 is 1.40 bits per heavy atom. The number of hydrogen-bond donors (Lipinski definition) is 0. The van der Waals surface area contributed by atoms with Crippen LogP contribution in [0.5, 0.6) is 0 Å². The average molecular weight is 403 g/mol. The van der Waals surface area contributed by atoms with E-state index < -0.39 is 6.89 Å². The normalized spacial score (nSPS) is 14.9. The van der Waals surface area contributed by atoms with Crippen LogP contribution in [-0.4, -0.2) is 11.5 Å². The van der Waals surface area contributed by atoms with Crippen LogP contribution >= 0.6 is 6.89 Å². The van der Waals surface area contributed by atoms with Crippen LogP contribution in [0.15, 0.2) is 132 Å². The van der Waals surface area contributed by atoms with Crippen molar-refractivity contribution in [2.75, 3.05) is 0 Å². The summed E-state index contributed by atoms with van der Waals surface area (Å²) >= 11 is 0. The van der Waals surface area contributed by atoms with E-state index in [0.717, 1.165) is 22.5 Å². The largest absolute Gasteiger partial charge is 0.248 e. The highest BCUT2D eigenvalue weighted by molar-refractivity contribution is 7.92. The summed E-state index contributed by atoms with van der Waals surface area (Å²) < 4.78 is 0. The smallest absolute Gasteiger partial charge is 0.0720 e. The molecule has 1 aliphatic heterocycles. The Kier molecular flexibility index (Phi) is 5.05. The monoisotopic (exact) mass is 403 g/mol. The summed E-state index contributed by atoms with van der Waals surface area (Å²) in [6.07, 6.45) is 0. The van der Waals surface area contributed by atoms with E-state index in [1.165, 1.54) is 10.6 Å². The van der Waals surface area contributed by atoms with Gasteiger partial charge in [0.1, 0.15) is 0 Å². The van der Waals surface area contributed by atoms with Crippen LogP contribution in [0.25, 0.3) is 5.70 Å². The van der Waals surface area contributed by atoms with Crippen LogP contribution in [0.4, 0.5) is 0 Å². The van der Waals surface area contributed by atoms with Crippen molar-refractivity contribution in [1.82, 2.24) is 0 Å². The van der Waals surface area contributed by atoms with Gasteiger partial charge in [0, 0.05) is 11.1 Å². The molecule has 144 valence electrons. The van der Waals surface area contributed by atoms with Crippen LogP contribution < -0.4 is 10.6 Å². The molecule has 1 nitrogen and oxygen atoms in total. The predicted octanol–water partition coefficient (Wildman–Crippen LogP) is 5.96. The maximum Gasteiger partial charge on any atom is 0.0720 e. The Morgan fingerprint density at radius 1 is 0.467 bits per heavy atom. The molecule has 0 aliphatic carbocycles. The van der Waals surface area contributed by atoms with Gasteiger partial charge >= 0.3 is 0 Å². The van der Waals surface area contributed by atoms with Gasteiger partial charge in [-0.3, -0.25) is 0 Å². The van der Waals surface area contributed by atoms with Gasteiger partial charge in [0.15, 0.2) is 0 Å². The van der Waals surface area contributed by atoms with Crippen molar-refractivity contribution in [2.45, 2.75) is 0 Å². The first kappa shape index (κ1) is 18.6. The van der Waals surface area contributed by atoms with Crippen molar-refractivity contribution < 1.29 is 0 Å². The number of aliphatic imine (C=N–C) groups is 1. The lowest BCUT2D eigenvalue weighted by Gasteiger charge is -2.28. The quantitative estimate of drug-likeness (QED) is 0.373. The van der Waals surface area contributed by atoms with Crippen LogP contribution in [0.3, 0.4) is 0 Å². The molecule has 0 bridgehead atoms. The van der Waals surface area contributed by atoms with Crippen molar-refractivity contribution in [3.05, 3.63) is 138 Å². The molecule has 0 spiro atoms. The van der Waals surface area contributed by atoms with E-state index in [4.69, 9.17) is 4.99 Å². The number of benzene rings is 4. The van der Waals surface area contributed by atoms with Gasteiger partial charge in [0.25, 0.3) is 0 Å². The molecule has 5 rings (SSSR count). The summed E-state index contributed by atoms with van der Waals surface area (Å²) in [5, 5.41) is 2.68. The second-order valence-corrected chi connectivity index (χ2v) is 10.4. The molecule has 0 amide bonds. The maximum absolute atomic E-state index is 5.12. The van der Waals surface area contributed by atoms with Crippen LogP contribution in [0, 0.1) is 0 Å². The zero-order valence-electron chi connectivity index (χ0n) is 16.6.